The van der Waals surface area contributed by atoms with Gasteiger partial charge in [-0.3, -0.25) is 0 Å². The van der Waals surface area contributed by atoms with Gasteiger partial charge < -0.3 is 9.84 Å². The number of aliphatic hydroxyl groups excluding tert-OH is 1. The Bertz CT molecular complexity index is 97.1. The number of alkyl halides is 1. The van der Waals surface area contributed by atoms with E-state index < -0.39 is 0 Å². The van der Waals surface area contributed by atoms with Crippen molar-refractivity contribution in [2.75, 3.05) is 5.33 Å². The Hall–Kier alpha value is 0.400. The van der Waals surface area contributed by atoms with Gasteiger partial charge in [-0.25, -0.2) is 0 Å². The van der Waals surface area contributed by atoms with E-state index in [1.807, 2.05) is 6.92 Å². The third-order valence-electron chi connectivity index (χ3n) is 1.56. The highest BCUT2D eigenvalue weighted by molar-refractivity contribution is 9.09. The van der Waals surface area contributed by atoms with Gasteiger partial charge in [0.2, 0.25) is 0 Å². The lowest BCUT2D eigenvalue weighted by Crippen LogP contribution is -2.21. The Balaban J connectivity index is 2.38. The summed E-state index contributed by atoms with van der Waals surface area (Å²) in [5.74, 6) is 0. The topological polar surface area (TPSA) is 29.5 Å². The van der Waals surface area contributed by atoms with Gasteiger partial charge in [0.05, 0.1) is 18.3 Å². The molecule has 0 radical (unpaired) electrons. The zero-order valence-corrected chi connectivity index (χ0v) is 6.97. The summed E-state index contributed by atoms with van der Waals surface area (Å²) < 4.78 is 5.33. The highest BCUT2D eigenvalue weighted by Crippen LogP contribution is 2.20. The van der Waals surface area contributed by atoms with Gasteiger partial charge in [0.1, 0.15) is 0 Å². The summed E-state index contributed by atoms with van der Waals surface area (Å²) in [6.45, 7) is 1.98. The van der Waals surface area contributed by atoms with Crippen LogP contribution in [0.4, 0.5) is 0 Å². The minimum atomic E-state index is -0.264. The third-order valence-corrected chi connectivity index (χ3v) is 2.20. The largest absolute Gasteiger partial charge is 0.390 e. The number of halogens is 1. The van der Waals surface area contributed by atoms with E-state index in [4.69, 9.17) is 4.74 Å². The maximum atomic E-state index is 9.20. The van der Waals surface area contributed by atoms with E-state index in [1.165, 1.54) is 0 Å². The van der Waals surface area contributed by atoms with Gasteiger partial charge in [-0.15, -0.1) is 0 Å². The van der Waals surface area contributed by atoms with Crippen LogP contribution in [0.25, 0.3) is 0 Å². The van der Waals surface area contributed by atoms with E-state index in [0.717, 1.165) is 11.8 Å². The van der Waals surface area contributed by atoms with Crippen LogP contribution in [0.2, 0.25) is 0 Å². The molecule has 0 spiro atoms. The fourth-order valence-electron chi connectivity index (χ4n) is 1.08. The van der Waals surface area contributed by atoms with Crippen molar-refractivity contribution < 1.29 is 9.84 Å². The van der Waals surface area contributed by atoms with Gasteiger partial charge in [0.15, 0.2) is 0 Å². The van der Waals surface area contributed by atoms with Crippen LogP contribution in [-0.2, 0) is 4.74 Å². The van der Waals surface area contributed by atoms with Crippen molar-refractivity contribution in [2.24, 2.45) is 0 Å². The van der Waals surface area contributed by atoms with Crippen LogP contribution >= 0.6 is 15.9 Å². The van der Waals surface area contributed by atoms with Crippen molar-refractivity contribution in [3.8, 4) is 0 Å². The van der Waals surface area contributed by atoms with E-state index in [-0.39, 0.29) is 18.3 Å². The Morgan fingerprint density at radius 3 is 2.67 bits per heavy atom. The van der Waals surface area contributed by atoms with Crippen LogP contribution in [0.1, 0.15) is 13.3 Å². The monoisotopic (exact) mass is 194 g/mol. The normalized spacial score (nSPS) is 43.7. The first kappa shape index (κ1) is 7.51. The molecule has 0 bridgehead atoms. The second-order valence-corrected chi connectivity index (χ2v) is 3.09. The van der Waals surface area contributed by atoms with E-state index in [0.29, 0.717) is 0 Å². The SMILES string of the molecule is C[C@H]1C[C@@H](O)[C@H](CBr)O1. The lowest BCUT2D eigenvalue weighted by molar-refractivity contribution is 0.0325. The first-order chi connectivity index (χ1) is 4.24. The third kappa shape index (κ3) is 1.66. The molecular formula is C6H11BrO2. The molecule has 0 aliphatic carbocycles. The minimum absolute atomic E-state index is 0.0139. The molecule has 0 saturated carbocycles. The van der Waals surface area contributed by atoms with Crippen LogP contribution in [0.5, 0.6) is 0 Å². The number of hydrogen-bond donors (Lipinski definition) is 1. The molecule has 0 amide bonds. The molecule has 1 fully saturated rings. The van der Waals surface area contributed by atoms with Gasteiger partial charge in [0, 0.05) is 11.8 Å². The second-order valence-electron chi connectivity index (χ2n) is 2.44. The number of ether oxygens (including phenoxy) is 1. The molecule has 54 valence electrons. The smallest absolute Gasteiger partial charge is 0.0934 e. The molecule has 0 aromatic carbocycles. The lowest BCUT2D eigenvalue weighted by atomic mass is 10.2. The molecule has 1 aliphatic rings. The highest BCUT2D eigenvalue weighted by Gasteiger charge is 2.29. The van der Waals surface area contributed by atoms with Crippen LogP contribution in [0.15, 0.2) is 0 Å². The van der Waals surface area contributed by atoms with Crippen LogP contribution in [0, 0.1) is 0 Å². The van der Waals surface area contributed by atoms with Gasteiger partial charge >= 0.3 is 0 Å². The molecule has 0 aromatic rings. The Labute approximate surface area is 63.3 Å². The molecule has 2 nitrogen and oxygen atoms in total. The number of hydrogen-bond acceptors (Lipinski definition) is 2. The van der Waals surface area contributed by atoms with E-state index >= 15 is 0 Å². The maximum absolute atomic E-state index is 9.20. The first-order valence-electron chi connectivity index (χ1n) is 3.13. The van der Waals surface area contributed by atoms with Crippen molar-refractivity contribution in [1.82, 2.24) is 0 Å². The Morgan fingerprint density at radius 2 is 2.44 bits per heavy atom. The Kier molecular flexibility index (Phi) is 2.50. The zero-order valence-electron chi connectivity index (χ0n) is 5.38. The molecule has 0 unspecified atom stereocenters. The van der Waals surface area contributed by atoms with Gasteiger partial charge in [-0.1, -0.05) is 15.9 Å². The molecule has 1 N–H and O–H groups in total. The quantitative estimate of drug-likeness (QED) is 0.630. The first-order valence-corrected chi connectivity index (χ1v) is 4.25. The van der Waals surface area contributed by atoms with Crippen molar-refractivity contribution >= 4 is 15.9 Å². The molecule has 1 saturated heterocycles. The fraction of sp³-hybridized carbons (Fsp3) is 1.00. The van der Waals surface area contributed by atoms with Crippen molar-refractivity contribution in [2.45, 2.75) is 31.7 Å². The summed E-state index contributed by atoms with van der Waals surface area (Å²) in [5, 5.41) is 9.94. The molecular weight excluding hydrogens is 184 g/mol. The maximum Gasteiger partial charge on any atom is 0.0934 e. The van der Waals surface area contributed by atoms with Gasteiger partial charge in [-0.05, 0) is 6.92 Å². The second kappa shape index (κ2) is 2.99. The average molecular weight is 195 g/mol. The van der Waals surface area contributed by atoms with E-state index in [1.54, 1.807) is 0 Å². The van der Waals surface area contributed by atoms with Gasteiger partial charge in [0.25, 0.3) is 0 Å². The summed E-state index contributed by atoms with van der Waals surface area (Å²) in [6, 6.07) is 0. The molecule has 1 rings (SSSR count). The fourth-order valence-corrected chi connectivity index (χ4v) is 1.66. The summed E-state index contributed by atoms with van der Waals surface area (Å²) >= 11 is 3.26. The van der Waals surface area contributed by atoms with Crippen LogP contribution < -0.4 is 0 Å². The van der Waals surface area contributed by atoms with E-state index in [2.05, 4.69) is 15.9 Å². The predicted molar refractivity (Wildman–Crippen MR) is 38.8 cm³/mol. The summed E-state index contributed by atoms with van der Waals surface area (Å²) in [5.41, 5.74) is 0. The minimum Gasteiger partial charge on any atom is -0.390 e. The lowest BCUT2D eigenvalue weighted by Gasteiger charge is -2.08. The van der Waals surface area contributed by atoms with Crippen molar-refractivity contribution in [3.05, 3.63) is 0 Å². The standard InChI is InChI=1S/C6H11BrO2/c1-4-2-5(8)6(3-7)9-4/h4-6,8H,2-3H2,1H3/t4-,5+,6-/m0/s1. The van der Waals surface area contributed by atoms with Crippen LogP contribution in [0.3, 0.4) is 0 Å². The Morgan fingerprint density at radius 1 is 1.78 bits per heavy atom. The molecule has 1 heterocycles. The molecule has 9 heavy (non-hydrogen) atoms. The van der Waals surface area contributed by atoms with E-state index in [9.17, 15) is 5.11 Å². The summed E-state index contributed by atoms with van der Waals surface area (Å²) in [7, 11) is 0. The number of aliphatic hydroxyl groups is 1. The summed E-state index contributed by atoms with van der Waals surface area (Å²) in [6.07, 6.45) is 0.748. The van der Waals surface area contributed by atoms with Crippen molar-refractivity contribution in [3.63, 3.8) is 0 Å². The van der Waals surface area contributed by atoms with Crippen LogP contribution in [-0.4, -0.2) is 28.7 Å². The number of rotatable bonds is 1. The predicted octanol–water partition coefficient (Wildman–Crippen LogP) is 0.920. The molecule has 0 aromatic heterocycles. The molecule has 1 aliphatic heterocycles. The van der Waals surface area contributed by atoms with Gasteiger partial charge in [-0.2, -0.15) is 0 Å². The zero-order chi connectivity index (χ0) is 6.85. The molecule has 3 atom stereocenters. The summed E-state index contributed by atoms with van der Waals surface area (Å²) in [4.78, 5) is 0. The average Bonchev–Trinajstić information content (AvgIpc) is 2.10. The van der Waals surface area contributed by atoms with Crippen molar-refractivity contribution in [1.29, 1.82) is 0 Å². The molecule has 3 heteroatoms. The highest BCUT2D eigenvalue weighted by atomic mass is 79.9.